The summed E-state index contributed by atoms with van der Waals surface area (Å²) in [5, 5.41) is 40.1. The molecule has 0 aromatic heterocycles. The van der Waals surface area contributed by atoms with Gasteiger partial charge >= 0.3 is 11.9 Å². The third kappa shape index (κ3) is 30.2. The zero-order valence-corrected chi connectivity index (χ0v) is 37.1. The minimum Gasteiger partial charge on any atom is -0.462 e. The number of carbonyl (C=O) groups is 2. The molecular weight excluding hydrogens is 737 g/mol. The SMILES string of the molecule is CCCCC/C=C/C/C=C/CCCCCCCCCCCC(=O)O[C@H](COC(=O)CCCCCCCCCCCCCCCC)CO[C@@H]1O[C@H](CO)[C@H](O)C(O)C1O. The molecular formula is C48H88O10. The van der Waals surface area contributed by atoms with Gasteiger partial charge in [-0.15, -0.1) is 0 Å². The van der Waals surface area contributed by atoms with E-state index in [1.165, 1.54) is 128 Å². The number of allylic oxidation sites excluding steroid dienone is 4. The van der Waals surface area contributed by atoms with E-state index in [4.69, 9.17) is 18.9 Å². The number of rotatable bonds is 40. The van der Waals surface area contributed by atoms with Gasteiger partial charge in [-0.2, -0.15) is 0 Å². The molecule has 0 amide bonds. The van der Waals surface area contributed by atoms with Crippen LogP contribution in [0.2, 0.25) is 0 Å². The Kier molecular flexibility index (Phi) is 36.7. The minimum absolute atomic E-state index is 0.215. The van der Waals surface area contributed by atoms with E-state index in [0.717, 1.165) is 51.4 Å². The number of esters is 2. The average molecular weight is 825 g/mol. The van der Waals surface area contributed by atoms with Gasteiger partial charge in [-0.05, 0) is 44.9 Å². The maximum atomic E-state index is 12.8. The summed E-state index contributed by atoms with van der Waals surface area (Å²) in [4.78, 5) is 25.4. The van der Waals surface area contributed by atoms with Gasteiger partial charge in [0.05, 0.1) is 13.2 Å². The summed E-state index contributed by atoms with van der Waals surface area (Å²) in [6, 6.07) is 0. The van der Waals surface area contributed by atoms with Gasteiger partial charge in [0.25, 0.3) is 0 Å². The zero-order chi connectivity index (χ0) is 42.3. The lowest BCUT2D eigenvalue weighted by molar-refractivity contribution is -0.305. The van der Waals surface area contributed by atoms with E-state index in [9.17, 15) is 30.0 Å². The second kappa shape index (κ2) is 39.3. The highest BCUT2D eigenvalue weighted by Gasteiger charge is 2.44. The minimum atomic E-state index is -1.59. The third-order valence-corrected chi connectivity index (χ3v) is 11.1. The molecule has 1 fully saturated rings. The van der Waals surface area contributed by atoms with Crippen molar-refractivity contribution in [2.24, 2.45) is 0 Å². The van der Waals surface area contributed by atoms with Gasteiger partial charge in [0, 0.05) is 12.8 Å². The number of unbranched alkanes of at least 4 members (excludes halogenated alkanes) is 25. The third-order valence-electron chi connectivity index (χ3n) is 11.1. The second-order valence-electron chi connectivity index (χ2n) is 16.6. The largest absolute Gasteiger partial charge is 0.462 e. The molecule has 1 aliphatic heterocycles. The summed E-state index contributed by atoms with van der Waals surface area (Å²) in [6.07, 6.45) is 36.0. The summed E-state index contributed by atoms with van der Waals surface area (Å²) < 4.78 is 22.2. The summed E-state index contributed by atoms with van der Waals surface area (Å²) in [6.45, 7) is 3.41. The summed E-state index contributed by atoms with van der Waals surface area (Å²) in [5.41, 5.74) is 0. The fourth-order valence-corrected chi connectivity index (χ4v) is 7.28. The molecule has 1 aliphatic rings. The number of aliphatic hydroxyl groups excluding tert-OH is 4. The highest BCUT2D eigenvalue weighted by Crippen LogP contribution is 2.23. The van der Waals surface area contributed by atoms with Crippen molar-refractivity contribution < 1.29 is 49.0 Å². The van der Waals surface area contributed by atoms with Crippen LogP contribution in [0.3, 0.4) is 0 Å². The molecule has 0 spiro atoms. The molecule has 0 saturated carbocycles. The average Bonchev–Trinajstić information content (AvgIpc) is 3.22. The molecule has 4 N–H and O–H groups in total. The molecule has 0 aromatic carbocycles. The highest BCUT2D eigenvalue weighted by atomic mass is 16.7. The number of hydrogen-bond acceptors (Lipinski definition) is 10. The van der Waals surface area contributed by atoms with Crippen LogP contribution in [-0.2, 0) is 28.5 Å². The van der Waals surface area contributed by atoms with E-state index in [-0.39, 0.29) is 32.0 Å². The normalized spacial score (nSPS) is 20.3. The highest BCUT2D eigenvalue weighted by molar-refractivity contribution is 5.70. The van der Waals surface area contributed by atoms with Crippen molar-refractivity contribution in [3.63, 3.8) is 0 Å². The summed E-state index contributed by atoms with van der Waals surface area (Å²) in [7, 11) is 0. The number of aliphatic hydroxyl groups is 4. The smallest absolute Gasteiger partial charge is 0.306 e. The van der Waals surface area contributed by atoms with E-state index >= 15 is 0 Å². The Hall–Kier alpha value is -1.82. The van der Waals surface area contributed by atoms with Crippen LogP contribution in [0.5, 0.6) is 0 Å². The van der Waals surface area contributed by atoms with Crippen molar-refractivity contribution in [2.45, 2.75) is 250 Å². The maximum Gasteiger partial charge on any atom is 0.306 e. The lowest BCUT2D eigenvalue weighted by Gasteiger charge is -2.39. The van der Waals surface area contributed by atoms with Gasteiger partial charge in [-0.1, -0.05) is 179 Å². The van der Waals surface area contributed by atoms with Crippen LogP contribution in [0, 0.1) is 0 Å². The summed E-state index contributed by atoms with van der Waals surface area (Å²) >= 11 is 0. The van der Waals surface area contributed by atoms with E-state index in [1.54, 1.807) is 0 Å². The quantitative estimate of drug-likeness (QED) is 0.0267. The molecule has 0 aromatic rings. The molecule has 1 rings (SSSR count). The van der Waals surface area contributed by atoms with Crippen LogP contribution in [-0.4, -0.2) is 89.0 Å². The molecule has 1 saturated heterocycles. The van der Waals surface area contributed by atoms with Gasteiger partial charge in [-0.25, -0.2) is 0 Å². The standard InChI is InChI=1S/C48H88O10/c1-3-5-7-9-11-13-15-17-19-20-21-22-23-25-27-29-31-33-35-37-44(51)57-41(40-56-48-47(54)46(53)45(52)42(38-49)58-48)39-55-43(50)36-34-32-30-28-26-24-18-16-14-12-10-8-6-4-2/h11,13,17,19,41-42,45-49,52-54H,3-10,12,14-16,18,20-40H2,1-2H3/b13-11+,19-17+/t41-,42-,45+,46?,47?,48-/m1/s1. The van der Waals surface area contributed by atoms with Crippen molar-refractivity contribution in [1.29, 1.82) is 0 Å². The molecule has 0 bridgehead atoms. The zero-order valence-electron chi connectivity index (χ0n) is 37.1. The van der Waals surface area contributed by atoms with Gasteiger partial charge in [-0.3, -0.25) is 9.59 Å². The van der Waals surface area contributed by atoms with Crippen molar-refractivity contribution in [1.82, 2.24) is 0 Å². The van der Waals surface area contributed by atoms with Gasteiger partial charge in [0.2, 0.25) is 0 Å². The fourth-order valence-electron chi connectivity index (χ4n) is 7.28. The van der Waals surface area contributed by atoms with Crippen molar-refractivity contribution in [2.75, 3.05) is 19.8 Å². The lowest BCUT2D eigenvalue weighted by Crippen LogP contribution is -2.59. The fraction of sp³-hybridized carbons (Fsp3) is 0.875. The first-order valence-corrected chi connectivity index (χ1v) is 23.9. The van der Waals surface area contributed by atoms with Gasteiger partial charge in [0.1, 0.15) is 31.0 Å². The van der Waals surface area contributed by atoms with Gasteiger partial charge < -0.3 is 39.4 Å². The Morgan fingerprint density at radius 3 is 1.47 bits per heavy atom. The lowest BCUT2D eigenvalue weighted by atomic mass is 9.99. The Morgan fingerprint density at radius 1 is 0.534 bits per heavy atom. The topological polar surface area (TPSA) is 152 Å². The maximum absolute atomic E-state index is 12.8. The van der Waals surface area contributed by atoms with Gasteiger partial charge in [0.15, 0.2) is 12.4 Å². The first-order valence-electron chi connectivity index (χ1n) is 23.9. The summed E-state index contributed by atoms with van der Waals surface area (Å²) in [5.74, 6) is -0.802. The number of hydrogen-bond donors (Lipinski definition) is 4. The molecule has 340 valence electrons. The molecule has 1 heterocycles. The molecule has 58 heavy (non-hydrogen) atoms. The predicted octanol–water partition coefficient (Wildman–Crippen LogP) is 10.5. The van der Waals surface area contributed by atoms with Crippen LogP contribution < -0.4 is 0 Å². The number of carbonyl (C=O) groups excluding carboxylic acids is 2. The monoisotopic (exact) mass is 825 g/mol. The molecule has 10 nitrogen and oxygen atoms in total. The first-order chi connectivity index (χ1) is 28.3. The van der Waals surface area contributed by atoms with Crippen LogP contribution in [0.4, 0.5) is 0 Å². The van der Waals surface area contributed by atoms with Crippen LogP contribution in [0.1, 0.15) is 213 Å². The first kappa shape index (κ1) is 54.2. The van der Waals surface area contributed by atoms with Crippen LogP contribution in [0.25, 0.3) is 0 Å². The van der Waals surface area contributed by atoms with Crippen LogP contribution >= 0.6 is 0 Å². The predicted molar refractivity (Wildman–Crippen MR) is 233 cm³/mol. The van der Waals surface area contributed by atoms with Crippen molar-refractivity contribution in [3.8, 4) is 0 Å². The second-order valence-corrected chi connectivity index (χ2v) is 16.6. The molecule has 6 atom stereocenters. The molecule has 10 heteroatoms. The Labute approximate surface area is 353 Å². The Bertz CT molecular complexity index is 1000. The molecule has 0 aliphatic carbocycles. The van der Waals surface area contributed by atoms with E-state index in [0.29, 0.717) is 6.42 Å². The van der Waals surface area contributed by atoms with Crippen LogP contribution in [0.15, 0.2) is 24.3 Å². The van der Waals surface area contributed by atoms with Crippen molar-refractivity contribution in [3.05, 3.63) is 24.3 Å². The van der Waals surface area contributed by atoms with Crippen molar-refractivity contribution >= 4 is 11.9 Å². The van der Waals surface area contributed by atoms with E-state index < -0.39 is 49.4 Å². The Balaban J connectivity index is 2.29. The van der Waals surface area contributed by atoms with E-state index in [2.05, 4.69) is 38.2 Å². The Morgan fingerprint density at radius 2 is 0.966 bits per heavy atom. The van der Waals surface area contributed by atoms with E-state index in [1.807, 2.05) is 0 Å². The number of ether oxygens (including phenoxy) is 4. The molecule has 2 unspecified atom stereocenters. The molecule has 0 radical (unpaired) electrons.